The Morgan fingerprint density at radius 2 is 2.05 bits per heavy atom. The topological polar surface area (TPSA) is 38.7 Å². The van der Waals surface area contributed by atoms with Crippen LogP contribution in [0, 0.1) is 5.92 Å². The van der Waals surface area contributed by atoms with E-state index in [0.29, 0.717) is 19.1 Å². The van der Waals surface area contributed by atoms with Crippen LogP contribution in [0.1, 0.15) is 37.5 Å². The Kier molecular flexibility index (Phi) is 5.37. The largest absolute Gasteiger partial charge is 0.386 e. The number of ether oxygens (including phenoxy) is 2. The van der Waals surface area contributed by atoms with Crippen molar-refractivity contribution in [3.05, 3.63) is 35.4 Å². The monoisotopic (exact) mass is 264 g/mol. The number of benzene rings is 1. The minimum absolute atomic E-state index is 0.148. The Balaban J connectivity index is 1.82. The van der Waals surface area contributed by atoms with Gasteiger partial charge in [0.2, 0.25) is 0 Å². The molecule has 0 radical (unpaired) electrons. The van der Waals surface area contributed by atoms with Crippen molar-refractivity contribution in [2.24, 2.45) is 5.92 Å². The molecule has 3 nitrogen and oxygen atoms in total. The zero-order valence-corrected chi connectivity index (χ0v) is 11.8. The highest BCUT2D eigenvalue weighted by Crippen LogP contribution is 2.18. The van der Waals surface area contributed by atoms with Crippen LogP contribution < -0.4 is 0 Å². The molecule has 1 N–H and O–H groups in total. The molecular formula is C16H24O3. The van der Waals surface area contributed by atoms with Gasteiger partial charge < -0.3 is 14.6 Å². The van der Waals surface area contributed by atoms with Crippen LogP contribution in [0.3, 0.4) is 0 Å². The minimum Gasteiger partial charge on any atom is -0.386 e. The first-order valence-corrected chi connectivity index (χ1v) is 7.11. The van der Waals surface area contributed by atoms with Gasteiger partial charge in [0.25, 0.3) is 0 Å². The van der Waals surface area contributed by atoms with E-state index in [-0.39, 0.29) is 6.10 Å². The minimum atomic E-state index is -0.548. The van der Waals surface area contributed by atoms with Crippen LogP contribution in [0.4, 0.5) is 0 Å². The predicted molar refractivity (Wildman–Crippen MR) is 75.1 cm³/mol. The lowest BCUT2D eigenvalue weighted by Gasteiger charge is -2.15. The maximum absolute atomic E-state index is 10.1. The summed E-state index contributed by atoms with van der Waals surface area (Å²) in [7, 11) is 0. The molecular weight excluding hydrogens is 240 g/mol. The van der Waals surface area contributed by atoms with Crippen molar-refractivity contribution in [2.75, 3.05) is 19.8 Å². The number of hydrogen-bond donors (Lipinski definition) is 1. The fourth-order valence-electron chi connectivity index (χ4n) is 2.32. The van der Waals surface area contributed by atoms with Crippen molar-refractivity contribution in [3.8, 4) is 0 Å². The van der Waals surface area contributed by atoms with E-state index in [1.165, 1.54) is 5.56 Å². The lowest BCUT2D eigenvalue weighted by Crippen LogP contribution is -2.17. The zero-order valence-electron chi connectivity index (χ0n) is 11.8. The summed E-state index contributed by atoms with van der Waals surface area (Å²) < 4.78 is 10.9. The van der Waals surface area contributed by atoms with E-state index in [1.54, 1.807) is 0 Å². The summed E-state index contributed by atoms with van der Waals surface area (Å²) in [6.07, 6.45) is 1.61. The van der Waals surface area contributed by atoms with Gasteiger partial charge in [0.15, 0.2) is 0 Å². The van der Waals surface area contributed by atoms with Gasteiger partial charge in [-0.1, -0.05) is 38.1 Å². The van der Waals surface area contributed by atoms with E-state index in [1.807, 2.05) is 12.1 Å². The third-order valence-electron chi connectivity index (χ3n) is 3.39. The first-order valence-electron chi connectivity index (χ1n) is 7.11. The summed E-state index contributed by atoms with van der Waals surface area (Å²) in [5, 5.41) is 10.1. The van der Waals surface area contributed by atoms with Crippen LogP contribution in [0.15, 0.2) is 24.3 Å². The van der Waals surface area contributed by atoms with Gasteiger partial charge in [-0.25, -0.2) is 0 Å². The van der Waals surface area contributed by atoms with Crippen LogP contribution in [0.25, 0.3) is 0 Å². The second kappa shape index (κ2) is 7.04. The van der Waals surface area contributed by atoms with E-state index < -0.39 is 6.10 Å². The van der Waals surface area contributed by atoms with Gasteiger partial charge in [-0.2, -0.15) is 0 Å². The molecule has 1 aliphatic heterocycles. The normalized spacial score (nSPS) is 20.9. The molecule has 3 heteroatoms. The predicted octanol–water partition coefficient (Wildman–Crippen LogP) is 2.72. The Hall–Kier alpha value is -0.900. The number of aliphatic hydroxyl groups excluding tert-OH is 1. The second-order valence-electron chi connectivity index (χ2n) is 5.67. The fourth-order valence-corrected chi connectivity index (χ4v) is 2.32. The van der Waals surface area contributed by atoms with Crippen LogP contribution in [-0.2, 0) is 15.9 Å². The van der Waals surface area contributed by atoms with Crippen LogP contribution >= 0.6 is 0 Å². The summed E-state index contributed by atoms with van der Waals surface area (Å²) in [4.78, 5) is 0. The Morgan fingerprint density at radius 1 is 1.32 bits per heavy atom. The van der Waals surface area contributed by atoms with Gasteiger partial charge in [-0.15, -0.1) is 0 Å². The van der Waals surface area contributed by atoms with E-state index >= 15 is 0 Å². The fraction of sp³-hybridized carbons (Fsp3) is 0.625. The van der Waals surface area contributed by atoms with Crippen molar-refractivity contribution in [1.29, 1.82) is 0 Å². The van der Waals surface area contributed by atoms with Crippen molar-refractivity contribution in [1.82, 2.24) is 0 Å². The SMILES string of the molecule is CC(C)Cc1ccc(C(O)COC2CCOC2)cc1. The van der Waals surface area contributed by atoms with E-state index in [2.05, 4.69) is 26.0 Å². The first kappa shape index (κ1) is 14.5. The molecule has 0 aromatic heterocycles. The second-order valence-corrected chi connectivity index (χ2v) is 5.67. The van der Waals surface area contributed by atoms with Crippen LogP contribution in [-0.4, -0.2) is 31.0 Å². The number of hydrogen-bond acceptors (Lipinski definition) is 3. The van der Waals surface area contributed by atoms with Crippen LogP contribution in [0.5, 0.6) is 0 Å². The highest BCUT2D eigenvalue weighted by molar-refractivity contribution is 5.24. The number of rotatable bonds is 6. The summed E-state index contributed by atoms with van der Waals surface area (Å²) >= 11 is 0. The molecule has 1 aromatic rings. The average Bonchev–Trinajstić information content (AvgIpc) is 2.89. The van der Waals surface area contributed by atoms with E-state index in [9.17, 15) is 5.11 Å². The maximum Gasteiger partial charge on any atom is 0.102 e. The summed E-state index contributed by atoms with van der Waals surface area (Å²) in [6, 6.07) is 8.18. The standard InChI is InChI=1S/C16H24O3/c1-12(2)9-13-3-5-14(6-4-13)16(17)11-19-15-7-8-18-10-15/h3-6,12,15-17H,7-11H2,1-2H3. The molecule has 2 rings (SSSR count). The zero-order chi connectivity index (χ0) is 13.7. The molecule has 1 saturated heterocycles. The molecule has 1 aliphatic rings. The smallest absolute Gasteiger partial charge is 0.102 e. The molecule has 1 heterocycles. The molecule has 0 aliphatic carbocycles. The molecule has 0 spiro atoms. The maximum atomic E-state index is 10.1. The van der Waals surface area contributed by atoms with Crippen molar-refractivity contribution in [3.63, 3.8) is 0 Å². The van der Waals surface area contributed by atoms with E-state index in [4.69, 9.17) is 9.47 Å². The molecule has 2 unspecified atom stereocenters. The molecule has 2 atom stereocenters. The van der Waals surface area contributed by atoms with Crippen molar-refractivity contribution >= 4 is 0 Å². The van der Waals surface area contributed by atoms with Gasteiger partial charge in [-0.05, 0) is 29.9 Å². The molecule has 1 fully saturated rings. The lowest BCUT2D eigenvalue weighted by atomic mass is 10.0. The van der Waals surface area contributed by atoms with Crippen LogP contribution in [0.2, 0.25) is 0 Å². The quantitative estimate of drug-likeness (QED) is 0.858. The van der Waals surface area contributed by atoms with Gasteiger partial charge in [0.1, 0.15) is 6.10 Å². The van der Waals surface area contributed by atoms with Gasteiger partial charge in [0, 0.05) is 6.61 Å². The van der Waals surface area contributed by atoms with Gasteiger partial charge in [-0.3, -0.25) is 0 Å². The third-order valence-corrected chi connectivity index (χ3v) is 3.39. The number of aliphatic hydroxyl groups is 1. The Bertz CT molecular complexity index is 366. The molecule has 0 bridgehead atoms. The Morgan fingerprint density at radius 3 is 2.63 bits per heavy atom. The summed E-state index contributed by atoms with van der Waals surface area (Å²) in [6.45, 7) is 6.18. The van der Waals surface area contributed by atoms with Crippen molar-refractivity contribution in [2.45, 2.75) is 38.9 Å². The summed E-state index contributed by atoms with van der Waals surface area (Å²) in [5.41, 5.74) is 2.24. The molecule has 19 heavy (non-hydrogen) atoms. The van der Waals surface area contributed by atoms with Gasteiger partial charge in [0.05, 0.1) is 19.3 Å². The first-order chi connectivity index (χ1) is 9.15. The lowest BCUT2D eigenvalue weighted by molar-refractivity contribution is -0.0131. The molecule has 1 aromatic carbocycles. The Labute approximate surface area is 115 Å². The van der Waals surface area contributed by atoms with Gasteiger partial charge >= 0.3 is 0 Å². The highest BCUT2D eigenvalue weighted by Gasteiger charge is 2.18. The van der Waals surface area contributed by atoms with Crippen molar-refractivity contribution < 1.29 is 14.6 Å². The average molecular weight is 264 g/mol. The molecule has 0 amide bonds. The summed E-state index contributed by atoms with van der Waals surface area (Å²) in [5.74, 6) is 0.654. The molecule has 0 saturated carbocycles. The van der Waals surface area contributed by atoms with E-state index in [0.717, 1.165) is 25.0 Å². The third kappa shape index (κ3) is 4.60. The molecule has 106 valence electrons. The highest BCUT2D eigenvalue weighted by atomic mass is 16.5.